The maximum Gasteiger partial charge on any atom is 0.434 e. The topological polar surface area (TPSA) is 35.2 Å². The highest BCUT2D eigenvalue weighted by molar-refractivity contribution is 5.37. The first-order valence-corrected chi connectivity index (χ1v) is 5.28. The average molecular weight is 305 g/mol. The van der Waals surface area contributed by atoms with Gasteiger partial charge in [-0.2, -0.15) is 26.3 Å². The van der Waals surface area contributed by atoms with Crippen LogP contribution in [-0.4, -0.2) is 18.5 Å². The van der Waals surface area contributed by atoms with Crippen LogP contribution in [0.4, 0.5) is 30.7 Å². The predicted octanol–water partition coefficient (Wildman–Crippen LogP) is 3.72. The lowest BCUT2D eigenvalue weighted by molar-refractivity contribution is -0.300. The molecule has 0 fully saturated rings. The van der Waals surface area contributed by atoms with E-state index in [4.69, 9.17) is 5.73 Å². The minimum Gasteiger partial charge on any atom is -0.471 e. The van der Waals surface area contributed by atoms with Gasteiger partial charge in [-0.05, 0) is 19.1 Å². The van der Waals surface area contributed by atoms with Crippen LogP contribution in [0.2, 0.25) is 0 Å². The SMILES string of the molecule is CC(N)c1c(F)cccc1OC(C(F)(F)F)C(F)(F)F. The molecule has 0 aliphatic heterocycles. The van der Waals surface area contributed by atoms with Gasteiger partial charge in [-0.15, -0.1) is 0 Å². The minimum atomic E-state index is -5.68. The van der Waals surface area contributed by atoms with E-state index in [2.05, 4.69) is 4.74 Å². The maximum atomic E-state index is 13.4. The Bertz CT molecular complexity index is 453. The van der Waals surface area contributed by atoms with Crippen molar-refractivity contribution in [2.75, 3.05) is 0 Å². The van der Waals surface area contributed by atoms with Crippen molar-refractivity contribution >= 4 is 0 Å². The van der Waals surface area contributed by atoms with Crippen LogP contribution in [0.3, 0.4) is 0 Å². The van der Waals surface area contributed by atoms with Crippen LogP contribution in [0.1, 0.15) is 18.5 Å². The molecular formula is C11H10F7NO. The summed E-state index contributed by atoms with van der Waals surface area (Å²) in [4.78, 5) is 0. The zero-order valence-electron chi connectivity index (χ0n) is 10.0. The molecule has 0 spiro atoms. The molecule has 0 aromatic heterocycles. The van der Waals surface area contributed by atoms with Crippen LogP contribution in [0.5, 0.6) is 5.75 Å². The zero-order chi connectivity index (χ0) is 15.7. The smallest absolute Gasteiger partial charge is 0.434 e. The van der Waals surface area contributed by atoms with E-state index in [1.807, 2.05) is 0 Å². The second kappa shape index (κ2) is 5.47. The molecule has 114 valence electrons. The van der Waals surface area contributed by atoms with Gasteiger partial charge in [0, 0.05) is 11.6 Å². The molecule has 20 heavy (non-hydrogen) atoms. The van der Waals surface area contributed by atoms with Gasteiger partial charge in [-0.3, -0.25) is 0 Å². The molecule has 9 heteroatoms. The van der Waals surface area contributed by atoms with Crippen molar-refractivity contribution in [2.24, 2.45) is 5.73 Å². The van der Waals surface area contributed by atoms with E-state index in [9.17, 15) is 30.7 Å². The fourth-order valence-corrected chi connectivity index (χ4v) is 1.51. The standard InChI is InChI=1S/C11H10F7NO/c1-5(19)8-6(12)3-2-4-7(8)20-9(10(13,14)15)11(16,17)18/h2-5,9H,19H2,1H3. The molecule has 0 saturated heterocycles. The van der Waals surface area contributed by atoms with Gasteiger partial charge < -0.3 is 10.5 Å². The average Bonchev–Trinajstić information content (AvgIpc) is 2.22. The van der Waals surface area contributed by atoms with Crippen molar-refractivity contribution in [3.8, 4) is 5.75 Å². The van der Waals surface area contributed by atoms with Crippen molar-refractivity contribution < 1.29 is 35.5 Å². The summed E-state index contributed by atoms with van der Waals surface area (Å²) in [6.07, 6.45) is -15.4. The largest absolute Gasteiger partial charge is 0.471 e. The molecule has 1 aromatic rings. The van der Waals surface area contributed by atoms with E-state index >= 15 is 0 Å². The number of nitrogens with two attached hydrogens (primary N) is 1. The highest BCUT2D eigenvalue weighted by Gasteiger charge is 2.59. The predicted molar refractivity (Wildman–Crippen MR) is 55.5 cm³/mol. The van der Waals surface area contributed by atoms with E-state index in [1.165, 1.54) is 6.92 Å². The van der Waals surface area contributed by atoms with Crippen LogP contribution < -0.4 is 10.5 Å². The Morgan fingerprint density at radius 1 is 1.05 bits per heavy atom. The highest BCUT2D eigenvalue weighted by atomic mass is 19.4. The lowest BCUT2D eigenvalue weighted by Gasteiger charge is -2.25. The number of alkyl halides is 6. The minimum absolute atomic E-state index is 0.550. The summed E-state index contributed by atoms with van der Waals surface area (Å²) in [7, 11) is 0. The molecule has 2 N–H and O–H groups in total. The van der Waals surface area contributed by atoms with E-state index in [0.29, 0.717) is 0 Å². The molecule has 0 bridgehead atoms. The molecule has 1 aromatic carbocycles. The lowest BCUT2D eigenvalue weighted by Crippen LogP contribution is -2.46. The van der Waals surface area contributed by atoms with Crippen LogP contribution in [-0.2, 0) is 0 Å². The van der Waals surface area contributed by atoms with Gasteiger partial charge in [-0.25, -0.2) is 4.39 Å². The Morgan fingerprint density at radius 3 is 1.95 bits per heavy atom. The first-order valence-electron chi connectivity index (χ1n) is 5.28. The molecule has 0 aliphatic carbocycles. The molecule has 1 unspecified atom stereocenters. The van der Waals surface area contributed by atoms with Gasteiger partial charge in [0.2, 0.25) is 0 Å². The van der Waals surface area contributed by atoms with Crippen LogP contribution in [0.15, 0.2) is 18.2 Å². The number of halogens is 7. The summed E-state index contributed by atoms with van der Waals surface area (Å²) in [5.41, 5.74) is 4.78. The van der Waals surface area contributed by atoms with Gasteiger partial charge in [-0.1, -0.05) is 6.07 Å². The Hall–Kier alpha value is -1.51. The van der Waals surface area contributed by atoms with E-state index in [-0.39, 0.29) is 0 Å². The number of hydrogen-bond donors (Lipinski definition) is 1. The van der Waals surface area contributed by atoms with Gasteiger partial charge in [0.25, 0.3) is 6.10 Å². The molecule has 0 saturated carbocycles. The normalized spacial score (nSPS) is 14.5. The summed E-state index contributed by atoms with van der Waals surface area (Å²) < 4.78 is 91.6. The summed E-state index contributed by atoms with van der Waals surface area (Å²) in [5, 5.41) is 0. The Labute approximate surface area is 109 Å². The van der Waals surface area contributed by atoms with Crippen molar-refractivity contribution in [1.82, 2.24) is 0 Å². The second-order valence-corrected chi connectivity index (χ2v) is 4.02. The first kappa shape index (κ1) is 16.5. The number of benzene rings is 1. The number of rotatable bonds is 3. The fourth-order valence-electron chi connectivity index (χ4n) is 1.51. The van der Waals surface area contributed by atoms with E-state index in [1.54, 1.807) is 0 Å². The van der Waals surface area contributed by atoms with Gasteiger partial charge in [0.05, 0.1) is 0 Å². The van der Waals surface area contributed by atoms with E-state index < -0.39 is 41.6 Å². The second-order valence-electron chi connectivity index (χ2n) is 4.02. The first-order chi connectivity index (χ1) is 8.94. The molecule has 1 atom stereocenters. The van der Waals surface area contributed by atoms with Crippen molar-refractivity contribution in [1.29, 1.82) is 0 Å². The van der Waals surface area contributed by atoms with Gasteiger partial charge >= 0.3 is 12.4 Å². The third kappa shape index (κ3) is 3.75. The summed E-state index contributed by atoms with van der Waals surface area (Å²) in [5.74, 6) is -1.93. The summed E-state index contributed by atoms with van der Waals surface area (Å²) >= 11 is 0. The van der Waals surface area contributed by atoms with Gasteiger partial charge in [0.15, 0.2) is 0 Å². The third-order valence-electron chi connectivity index (χ3n) is 2.31. The summed E-state index contributed by atoms with van der Waals surface area (Å²) in [6, 6.07) is 1.46. The van der Waals surface area contributed by atoms with Crippen molar-refractivity contribution in [3.63, 3.8) is 0 Å². The van der Waals surface area contributed by atoms with Crippen molar-refractivity contribution in [3.05, 3.63) is 29.6 Å². The monoisotopic (exact) mass is 305 g/mol. The number of hydrogen-bond acceptors (Lipinski definition) is 2. The summed E-state index contributed by atoms with van der Waals surface area (Å²) in [6.45, 7) is 1.21. The molecule has 0 heterocycles. The third-order valence-corrected chi connectivity index (χ3v) is 2.31. The molecule has 2 nitrogen and oxygen atoms in total. The highest BCUT2D eigenvalue weighted by Crippen LogP contribution is 2.38. The zero-order valence-corrected chi connectivity index (χ0v) is 10.0. The fraction of sp³-hybridized carbons (Fsp3) is 0.455. The molecule has 1 rings (SSSR count). The number of ether oxygens (including phenoxy) is 1. The molecule has 0 amide bonds. The van der Waals surface area contributed by atoms with E-state index in [0.717, 1.165) is 18.2 Å². The lowest BCUT2D eigenvalue weighted by atomic mass is 10.1. The van der Waals surface area contributed by atoms with Crippen LogP contribution in [0.25, 0.3) is 0 Å². The van der Waals surface area contributed by atoms with Crippen LogP contribution >= 0.6 is 0 Å². The Morgan fingerprint density at radius 2 is 1.55 bits per heavy atom. The molecule has 0 radical (unpaired) electrons. The van der Waals surface area contributed by atoms with Gasteiger partial charge in [0.1, 0.15) is 11.6 Å². The van der Waals surface area contributed by atoms with Crippen LogP contribution in [0, 0.1) is 5.82 Å². The molecule has 0 aliphatic rings. The Kier molecular flexibility index (Phi) is 4.52. The quantitative estimate of drug-likeness (QED) is 0.864. The molecular weight excluding hydrogens is 295 g/mol. The van der Waals surface area contributed by atoms with Crippen molar-refractivity contribution in [2.45, 2.75) is 31.4 Å². The Balaban J connectivity index is 3.23. The maximum absolute atomic E-state index is 13.4.